The van der Waals surface area contributed by atoms with Crippen LogP contribution < -0.4 is 5.32 Å². The average Bonchev–Trinajstić information content (AvgIpc) is 3.10. The Hall–Kier alpha value is -3.29. The highest BCUT2D eigenvalue weighted by atomic mass is 31.2. The van der Waals surface area contributed by atoms with Gasteiger partial charge in [0.15, 0.2) is 12.1 Å². The maximum atomic E-state index is 13.4. The second kappa shape index (κ2) is 16.9. The fourth-order valence-electron chi connectivity index (χ4n) is 4.27. The van der Waals surface area contributed by atoms with Crippen LogP contribution in [-0.2, 0) is 40.7 Å². The van der Waals surface area contributed by atoms with E-state index in [0.717, 1.165) is 0 Å². The number of hydrogen-bond acceptors (Lipinski definition) is 11. The minimum Gasteiger partial charge on any atom is -0.387 e. The van der Waals surface area contributed by atoms with Crippen LogP contribution in [0, 0.1) is 0 Å². The van der Waals surface area contributed by atoms with E-state index in [4.69, 9.17) is 21.0 Å². The summed E-state index contributed by atoms with van der Waals surface area (Å²) in [6.45, 7) is -1.02. The van der Waals surface area contributed by atoms with Crippen LogP contribution in [0.1, 0.15) is 42.6 Å². The third kappa shape index (κ3) is 10.4. The van der Waals surface area contributed by atoms with Gasteiger partial charge in [0.25, 0.3) is 0 Å². The summed E-state index contributed by atoms with van der Waals surface area (Å²) in [6.07, 6.45) is -10.9. The second-order valence-electron chi connectivity index (χ2n) is 10.2. The molecule has 0 saturated carbocycles. The molecule has 1 heterocycles. The molecule has 1 amide bonds. The van der Waals surface area contributed by atoms with Crippen molar-refractivity contribution in [3.05, 3.63) is 107 Å². The number of hydrogen-bond donors (Lipinski definition) is 5. The topological polar surface area (TPSA) is 181 Å². The van der Waals surface area contributed by atoms with Crippen molar-refractivity contribution in [3.8, 4) is 0 Å². The van der Waals surface area contributed by atoms with Crippen molar-refractivity contribution in [2.45, 2.75) is 56.5 Å². The van der Waals surface area contributed by atoms with Gasteiger partial charge in [-0.05, 0) is 23.9 Å². The fourth-order valence-corrected chi connectivity index (χ4v) is 5.48. The van der Waals surface area contributed by atoms with Crippen molar-refractivity contribution < 1.29 is 55.6 Å². The smallest absolute Gasteiger partial charge is 0.387 e. The molecule has 0 aromatic heterocycles. The monoisotopic (exact) mass is 647 g/mol. The minimum atomic E-state index is -4.32. The number of nitrogens with one attached hydrogen (secondary N) is 1. The lowest BCUT2D eigenvalue weighted by Crippen LogP contribution is -2.58. The van der Waals surface area contributed by atoms with Crippen LogP contribution in [0.3, 0.4) is 0 Å². The summed E-state index contributed by atoms with van der Waals surface area (Å²) in [5.74, 6) is -0.893. The summed E-state index contributed by atoms with van der Waals surface area (Å²) in [6, 6.07) is 23.7. The van der Waals surface area contributed by atoms with E-state index in [-0.39, 0.29) is 32.0 Å². The van der Waals surface area contributed by atoms with Crippen molar-refractivity contribution in [2.24, 2.45) is 0 Å². The summed E-state index contributed by atoms with van der Waals surface area (Å²) in [4.78, 5) is 25.2. The molecule has 8 atom stereocenters. The van der Waals surface area contributed by atoms with Crippen LogP contribution in [0.2, 0.25) is 0 Å². The Kier molecular flexibility index (Phi) is 11.9. The van der Waals surface area contributed by atoms with Crippen LogP contribution in [-0.4, -0.2) is 82.6 Å². The molecule has 45 heavy (non-hydrogen) atoms. The zero-order valence-corrected chi connectivity index (χ0v) is 25.1. The Labute approximate surface area is 264 Å². The van der Waals surface area contributed by atoms with Crippen molar-refractivity contribution in [1.82, 2.24) is 5.32 Å². The van der Waals surface area contributed by atoms with E-state index in [1.54, 1.807) is 84.9 Å². The number of aliphatic hydroxyl groups is 4. The van der Waals surface area contributed by atoms with Gasteiger partial charge in [-0.1, -0.05) is 84.9 Å². The van der Waals surface area contributed by atoms with Crippen LogP contribution in [0.5, 0.6) is 0 Å². The molecule has 3 aromatic rings. The number of carbonyl (C=O) groups is 2. The largest absolute Gasteiger partial charge is 0.475 e. The van der Waals surface area contributed by atoms with Gasteiger partial charge >= 0.3 is 7.82 Å². The summed E-state index contributed by atoms with van der Waals surface area (Å²) in [7, 11) is -4.32. The Morgan fingerprint density at radius 2 is 1.44 bits per heavy atom. The summed E-state index contributed by atoms with van der Waals surface area (Å²) >= 11 is 0. The first kappa shape index (κ1) is 31.7. The van der Waals surface area contributed by atoms with Gasteiger partial charge in [0.2, 0.25) is 5.91 Å². The van der Waals surface area contributed by atoms with E-state index in [1.165, 1.54) is 0 Å². The first-order valence-electron chi connectivity index (χ1n) is 15.4. The van der Waals surface area contributed by atoms with Crippen molar-refractivity contribution >= 4 is 19.5 Å². The molecule has 4 unspecified atom stereocenters. The van der Waals surface area contributed by atoms with Gasteiger partial charge in [-0.25, -0.2) is 4.57 Å². The van der Waals surface area contributed by atoms with Crippen LogP contribution >= 0.6 is 7.82 Å². The normalized spacial score (nSPS) is 24.8. The van der Waals surface area contributed by atoms with E-state index in [0.29, 0.717) is 22.3 Å². The molecule has 0 aliphatic carbocycles. The molecule has 0 radical (unpaired) electrons. The van der Waals surface area contributed by atoms with E-state index in [2.05, 4.69) is 5.32 Å². The van der Waals surface area contributed by atoms with Crippen LogP contribution in [0.4, 0.5) is 0 Å². The molecule has 4 rings (SSSR count). The molecule has 242 valence electrons. The van der Waals surface area contributed by atoms with E-state index >= 15 is 0 Å². The van der Waals surface area contributed by atoms with Crippen molar-refractivity contribution in [1.29, 1.82) is 0 Å². The molecular formula is C32H38NO11P. The number of phosphoric ester groups is 1. The fraction of sp³-hybridized carbons (Fsp3) is 0.375. The zero-order chi connectivity index (χ0) is 34.0. The number of carbonyl (C=O) groups excluding carboxylic acids is 2. The highest BCUT2D eigenvalue weighted by Crippen LogP contribution is 2.50. The summed E-state index contributed by atoms with van der Waals surface area (Å²) < 4.78 is 51.3. The molecule has 0 bridgehead atoms. The molecular weight excluding hydrogens is 605 g/mol. The first-order valence-corrected chi connectivity index (χ1v) is 15.7. The van der Waals surface area contributed by atoms with Gasteiger partial charge in [-0.15, -0.1) is 0 Å². The molecule has 1 aliphatic rings. The molecule has 5 N–H and O–H groups in total. The number of ketones is 1. The van der Waals surface area contributed by atoms with Gasteiger partial charge < -0.3 is 30.5 Å². The summed E-state index contributed by atoms with van der Waals surface area (Å²) in [5.41, 5.74) is 1.98. The van der Waals surface area contributed by atoms with E-state index in [1.807, 2.05) is 0 Å². The van der Waals surface area contributed by atoms with Gasteiger partial charge in [-0.3, -0.25) is 23.2 Å². The summed E-state index contributed by atoms with van der Waals surface area (Å²) in [5, 5.41) is 42.1. The molecule has 1 fully saturated rings. The molecule has 1 saturated heterocycles. The van der Waals surface area contributed by atoms with E-state index < -0.39 is 63.8 Å². The number of aliphatic hydroxyl groups excluding tert-OH is 4. The predicted octanol–water partition coefficient (Wildman–Crippen LogP) is 2.51. The Morgan fingerprint density at radius 1 is 0.800 bits per heavy atom. The van der Waals surface area contributed by atoms with Crippen LogP contribution in [0.15, 0.2) is 84.9 Å². The molecule has 3 aromatic carbocycles. The Balaban J connectivity index is 1.26. The number of rotatable bonds is 16. The van der Waals surface area contributed by atoms with Crippen LogP contribution in [0.25, 0.3) is 0 Å². The van der Waals surface area contributed by atoms with Gasteiger partial charge in [0, 0.05) is 26.8 Å². The van der Waals surface area contributed by atoms with Crippen molar-refractivity contribution in [3.63, 3.8) is 0 Å². The number of ether oxygens (including phenoxy) is 1. The maximum Gasteiger partial charge on any atom is 0.475 e. The lowest BCUT2D eigenvalue weighted by Gasteiger charge is -2.38. The Morgan fingerprint density at radius 3 is 2.13 bits per heavy atom. The van der Waals surface area contributed by atoms with Crippen molar-refractivity contribution in [2.75, 3.05) is 19.8 Å². The molecule has 1 aliphatic heterocycles. The SMILES string of the molecule is [3H]C(C(=O)NCCCOP(=O)(OCc1ccccc1)OC[C@H]1OC(O)[C@H](O)[C@@H](O)[C@@H]1O)C([3H])c1ccc(C(=O)c2ccccc2)cc1. The predicted molar refractivity (Wildman–Crippen MR) is 162 cm³/mol. The highest BCUT2D eigenvalue weighted by Gasteiger charge is 2.44. The lowest BCUT2D eigenvalue weighted by molar-refractivity contribution is -0.285. The third-order valence-corrected chi connectivity index (χ3v) is 8.23. The lowest BCUT2D eigenvalue weighted by atomic mass is 10.00. The zero-order valence-electron chi connectivity index (χ0n) is 26.3. The van der Waals surface area contributed by atoms with E-state index in [9.17, 15) is 34.6 Å². The second-order valence-corrected chi connectivity index (χ2v) is 11.8. The minimum absolute atomic E-state index is 0.00482. The van der Waals surface area contributed by atoms with Gasteiger partial charge in [0.05, 0.1) is 19.8 Å². The molecule has 0 spiro atoms. The van der Waals surface area contributed by atoms with Gasteiger partial charge in [0.1, 0.15) is 24.4 Å². The van der Waals surface area contributed by atoms with Gasteiger partial charge in [-0.2, -0.15) is 0 Å². The Bertz CT molecular complexity index is 1490. The number of benzene rings is 3. The number of amides is 1. The quantitative estimate of drug-likeness (QED) is 0.0876. The molecule has 12 nitrogen and oxygen atoms in total. The first-order chi connectivity index (χ1) is 22.5. The third-order valence-electron chi connectivity index (χ3n) is 6.82. The maximum absolute atomic E-state index is 13.4. The average molecular weight is 648 g/mol. The highest BCUT2D eigenvalue weighted by molar-refractivity contribution is 7.48. The molecule has 13 heteroatoms. The standard InChI is InChI=1S/C32H38NO11P/c34-27(17-14-22-12-15-25(16-13-22)28(35)24-10-5-2-6-11-24)33-18-7-19-41-45(40,42-20-23-8-3-1-4-9-23)43-21-26-29(36)30(37)31(38)32(39)44-26/h1-6,8-13,15-16,26,29-32,36-39H,7,14,17-21H2,(H,33,34)/t26-,29-,30+,31-,32?,45?/m1/s1/i14T,17T/t14?,17?,26-,29-,30+,31-,32?,45?. The number of aryl methyl sites for hydroxylation is 1. The number of phosphoric acid groups is 1.